The zero-order chi connectivity index (χ0) is 30.3. The summed E-state index contributed by atoms with van der Waals surface area (Å²) in [6.07, 6.45) is -3.08. The molecule has 0 radical (unpaired) electrons. The van der Waals surface area contributed by atoms with E-state index in [4.69, 9.17) is 9.47 Å². The molecule has 15 atom stereocenters. The Morgan fingerprint density at radius 3 is 1.37 bits per heavy atom. The van der Waals surface area contributed by atoms with E-state index in [2.05, 4.69) is 16.0 Å². The zero-order valence-corrected chi connectivity index (χ0v) is 24.6. The summed E-state index contributed by atoms with van der Waals surface area (Å²) in [6, 6.07) is -1.23. The molecule has 11 N–H and O–H groups in total. The molecule has 242 valence electrons. The van der Waals surface area contributed by atoms with Crippen LogP contribution in [0.1, 0.15) is 19.3 Å². The number of likely N-dealkylation sites (N-methyl/N-ethyl adjacent to an activating group) is 3. The molecule has 0 heterocycles. The Morgan fingerprint density at radius 1 is 0.488 bits per heavy atom. The van der Waals surface area contributed by atoms with Crippen LogP contribution in [-0.4, -0.2) is 157 Å². The van der Waals surface area contributed by atoms with Gasteiger partial charge < -0.3 is 66.3 Å². The molecule has 6 unspecified atom stereocenters. The van der Waals surface area contributed by atoms with Gasteiger partial charge in [0.25, 0.3) is 0 Å². The predicted octanol–water partition coefficient (Wildman–Crippen LogP) is -3.91. The maximum atomic E-state index is 11.3. The molecule has 3 saturated carbocycles. The molecule has 0 aromatic heterocycles. The lowest BCUT2D eigenvalue weighted by atomic mass is 9.70. The van der Waals surface area contributed by atoms with E-state index in [0.29, 0.717) is 19.3 Å². The summed E-state index contributed by atoms with van der Waals surface area (Å²) < 4.78 is 12.1. The van der Waals surface area contributed by atoms with Crippen LogP contribution < -0.4 is 16.0 Å². The fraction of sp³-hybridized carbons (Fsp3) is 1.00. The molecule has 3 fully saturated rings. The average molecular weight is 594 g/mol. The van der Waals surface area contributed by atoms with E-state index in [9.17, 15) is 40.9 Å². The van der Waals surface area contributed by atoms with Crippen molar-refractivity contribution < 1.29 is 50.3 Å². The van der Waals surface area contributed by atoms with Crippen molar-refractivity contribution in [2.45, 2.75) is 67.9 Å². The van der Waals surface area contributed by atoms with E-state index in [1.807, 2.05) is 0 Å². The molecule has 3 rings (SSSR count). The molecule has 0 amide bonds. The maximum Gasteiger partial charge on any atom is 0.0958 e. The van der Waals surface area contributed by atoms with Gasteiger partial charge in [-0.2, -0.15) is 0 Å². The van der Waals surface area contributed by atoms with Gasteiger partial charge in [0.15, 0.2) is 0 Å². The topological polar surface area (TPSA) is 216 Å². The van der Waals surface area contributed by atoms with Crippen molar-refractivity contribution >= 4 is 0 Å². The minimum Gasteiger partial charge on any atom is -0.396 e. The van der Waals surface area contributed by atoms with E-state index in [0.717, 1.165) is 0 Å². The zero-order valence-electron chi connectivity index (χ0n) is 24.6. The third kappa shape index (κ3) is 7.96. The molecular weight excluding hydrogens is 538 g/mol. The number of hydrogen-bond acceptors (Lipinski definition) is 13. The van der Waals surface area contributed by atoms with E-state index < -0.39 is 48.5 Å². The largest absolute Gasteiger partial charge is 0.396 e. The standard InChI is InChI=1S/C28H55N3O10/c1-29-22-17(10-40-13-20-15(8-33)6-21(35)24(31-3)27(20)38)4-14(7-32)19(26(22)37)12-41-11-18-5-16(9-34)25(36)28(39)23(18)30-2/h14-39H,4-13H2,1-3H3/t14?,15?,16?,17-,18-,19+,20+,21+,22?,23?,24?,25+,26+,27+,28-/m0/s1. The van der Waals surface area contributed by atoms with Gasteiger partial charge in [-0.25, -0.2) is 0 Å². The van der Waals surface area contributed by atoms with Gasteiger partial charge in [-0.15, -0.1) is 0 Å². The fourth-order valence-electron chi connectivity index (χ4n) is 7.69. The molecular formula is C28H55N3O10. The summed E-state index contributed by atoms with van der Waals surface area (Å²) in [7, 11) is 5.16. The van der Waals surface area contributed by atoms with Crippen molar-refractivity contribution in [3.63, 3.8) is 0 Å². The van der Waals surface area contributed by atoms with Crippen molar-refractivity contribution in [1.29, 1.82) is 0 Å². The summed E-state index contributed by atoms with van der Waals surface area (Å²) >= 11 is 0. The number of rotatable bonds is 14. The lowest BCUT2D eigenvalue weighted by Gasteiger charge is -2.46. The highest BCUT2D eigenvalue weighted by atomic mass is 16.5. The van der Waals surface area contributed by atoms with Crippen LogP contribution in [0.2, 0.25) is 0 Å². The monoisotopic (exact) mass is 593 g/mol. The molecule has 0 spiro atoms. The number of hydrogen-bond donors (Lipinski definition) is 11. The highest BCUT2D eigenvalue weighted by Gasteiger charge is 2.46. The van der Waals surface area contributed by atoms with Gasteiger partial charge in [-0.3, -0.25) is 0 Å². The first kappa shape index (κ1) is 35.0. The first-order chi connectivity index (χ1) is 19.7. The minimum absolute atomic E-state index is 0.114. The summed E-state index contributed by atoms with van der Waals surface area (Å²) in [4.78, 5) is 0. The van der Waals surface area contributed by atoms with Crippen molar-refractivity contribution in [2.24, 2.45) is 41.4 Å². The van der Waals surface area contributed by atoms with Crippen LogP contribution >= 0.6 is 0 Å². The average Bonchev–Trinajstić information content (AvgIpc) is 2.96. The van der Waals surface area contributed by atoms with E-state index in [-0.39, 0.29) is 87.8 Å². The number of ether oxygens (including phenoxy) is 2. The molecule has 13 nitrogen and oxygen atoms in total. The predicted molar refractivity (Wildman–Crippen MR) is 150 cm³/mol. The van der Waals surface area contributed by atoms with Gasteiger partial charge >= 0.3 is 0 Å². The second-order valence-corrected chi connectivity index (χ2v) is 12.4. The van der Waals surface area contributed by atoms with Crippen LogP contribution in [0.5, 0.6) is 0 Å². The molecule has 3 aliphatic carbocycles. The van der Waals surface area contributed by atoms with Crippen LogP contribution in [0, 0.1) is 41.4 Å². The molecule has 0 saturated heterocycles. The summed E-state index contributed by atoms with van der Waals surface area (Å²) in [5.41, 5.74) is 0. The Labute approximate surface area is 243 Å². The third-order valence-electron chi connectivity index (χ3n) is 10.2. The third-order valence-corrected chi connectivity index (χ3v) is 10.2. The highest BCUT2D eigenvalue weighted by Crippen LogP contribution is 2.37. The van der Waals surface area contributed by atoms with Gasteiger partial charge in [-0.05, 0) is 52.2 Å². The normalized spacial score (nSPS) is 45.6. The van der Waals surface area contributed by atoms with E-state index in [1.54, 1.807) is 21.1 Å². The smallest absolute Gasteiger partial charge is 0.0958 e. The van der Waals surface area contributed by atoms with Gasteiger partial charge in [0.2, 0.25) is 0 Å². The molecule has 0 bridgehead atoms. The molecule has 0 aliphatic heterocycles. The Hall–Kier alpha value is -0.520. The van der Waals surface area contributed by atoms with Gasteiger partial charge in [0.05, 0.1) is 63.0 Å². The van der Waals surface area contributed by atoms with Gasteiger partial charge in [0, 0.05) is 61.5 Å². The van der Waals surface area contributed by atoms with Gasteiger partial charge in [-0.1, -0.05) is 0 Å². The Kier molecular flexibility index (Phi) is 14.1. The summed E-state index contributed by atoms with van der Waals surface area (Å²) in [6.45, 7) is 0.425. The SMILES string of the molecule is CNC1[C@H](COC[C@@H]2C(CO)C[C@@H](COC[C@@H]3C(CO)C[C@@H](O)C(NC)[C@@H]3O)C(NC)[C@@H]2O)CC(CO)[C@@H](O)[C@H]1O. The number of aliphatic hydroxyl groups is 8. The highest BCUT2D eigenvalue weighted by molar-refractivity contribution is 4.99. The first-order valence-corrected chi connectivity index (χ1v) is 15.1. The minimum atomic E-state index is -1.03. The van der Waals surface area contributed by atoms with Gasteiger partial charge in [0.1, 0.15) is 0 Å². The van der Waals surface area contributed by atoms with Crippen molar-refractivity contribution in [3.05, 3.63) is 0 Å². The molecule has 0 aromatic carbocycles. The lowest BCUT2D eigenvalue weighted by molar-refractivity contribution is -0.121. The van der Waals surface area contributed by atoms with E-state index in [1.165, 1.54) is 0 Å². The lowest BCUT2D eigenvalue weighted by Crippen LogP contribution is -2.59. The number of aliphatic hydroxyl groups excluding tert-OH is 8. The molecule has 41 heavy (non-hydrogen) atoms. The molecule has 3 aliphatic rings. The van der Waals surface area contributed by atoms with Crippen molar-refractivity contribution in [1.82, 2.24) is 16.0 Å². The van der Waals surface area contributed by atoms with Crippen LogP contribution in [0.25, 0.3) is 0 Å². The van der Waals surface area contributed by atoms with Crippen molar-refractivity contribution in [2.75, 3.05) is 67.4 Å². The Balaban J connectivity index is 1.57. The van der Waals surface area contributed by atoms with E-state index >= 15 is 0 Å². The first-order valence-electron chi connectivity index (χ1n) is 15.1. The molecule has 0 aromatic rings. The quantitative estimate of drug-likeness (QED) is 0.0929. The fourth-order valence-corrected chi connectivity index (χ4v) is 7.69. The van der Waals surface area contributed by atoms with Crippen molar-refractivity contribution in [3.8, 4) is 0 Å². The summed E-state index contributed by atoms with van der Waals surface area (Å²) in [5, 5.41) is 92.0. The van der Waals surface area contributed by atoms with Crippen LogP contribution in [-0.2, 0) is 9.47 Å². The maximum absolute atomic E-state index is 11.3. The van der Waals surface area contributed by atoms with Crippen LogP contribution in [0.3, 0.4) is 0 Å². The second kappa shape index (κ2) is 16.5. The Morgan fingerprint density at radius 2 is 0.902 bits per heavy atom. The number of nitrogens with one attached hydrogen (secondary N) is 3. The van der Waals surface area contributed by atoms with Crippen LogP contribution in [0.4, 0.5) is 0 Å². The summed E-state index contributed by atoms with van der Waals surface area (Å²) in [5.74, 6) is -1.93. The molecule has 13 heteroatoms. The van der Waals surface area contributed by atoms with Crippen LogP contribution in [0.15, 0.2) is 0 Å². The second-order valence-electron chi connectivity index (χ2n) is 12.4. The Bertz CT molecular complexity index is 756.